The maximum Gasteiger partial charge on any atom is 0.282 e. The van der Waals surface area contributed by atoms with E-state index in [4.69, 9.17) is 5.84 Å². The number of hydrogen-bond donors (Lipinski definition) is 1. The lowest BCUT2D eigenvalue weighted by Crippen LogP contribution is -2.35. The smallest absolute Gasteiger partial charge is 0.282 e. The van der Waals surface area contributed by atoms with Gasteiger partial charge >= 0.3 is 0 Å². The van der Waals surface area contributed by atoms with Crippen LogP contribution in [0.25, 0.3) is 0 Å². The van der Waals surface area contributed by atoms with Crippen molar-refractivity contribution in [3.8, 4) is 0 Å². The summed E-state index contributed by atoms with van der Waals surface area (Å²) in [4.78, 5) is 12.2. The highest BCUT2D eigenvalue weighted by atomic mass is 127. The van der Waals surface area contributed by atoms with Gasteiger partial charge in [0.1, 0.15) is 0 Å². The topological polar surface area (TPSA) is 49.6 Å². The van der Waals surface area contributed by atoms with E-state index in [-0.39, 0.29) is 3.91 Å². The maximum absolute atomic E-state index is 10.6. The van der Waals surface area contributed by atoms with Crippen molar-refractivity contribution in [2.75, 3.05) is 27.2 Å². The average Bonchev–Trinajstić information content (AvgIpc) is 1.82. The summed E-state index contributed by atoms with van der Waals surface area (Å²) in [6.45, 7) is 1.38. The van der Waals surface area contributed by atoms with Gasteiger partial charge in [-0.2, -0.15) is 0 Å². The van der Waals surface area contributed by atoms with Crippen molar-refractivity contribution >= 4 is 26.5 Å². The molecule has 2 N–H and O–H groups in total. The molecule has 5 heteroatoms. The molecule has 0 fully saturated rings. The lowest BCUT2D eigenvalue weighted by Gasteiger charge is -2.16. The van der Waals surface area contributed by atoms with E-state index in [0.717, 1.165) is 0 Å². The van der Waals surface area contributed by atoms with Crippen molar-refractivity contribution in [3.05, 3.63) is 0 Å². The largest absolute Gasteiger partial charge is 0.336 e. The third-order valence-corrected chi connectivity index (χ3v) is 1.91. The molecule has 0 aliphatic heterocycles. The number of nitrogens with zero attached hydrogens (tertiary/aromatic N) is 2. The van der Waals surface area contributed by atoms with Gasteiger partial charge in [0.05, 0.1) is 0 Å². The number of halogens is 1. The van der Waals surface area contributed by atoms with Crippen LogP contribution in [0.3, 0.4) is 0 Å². The molecule has 0 aliphatic carbocycles. The molecule has 0 radical (unpaired) electrons. The second-order valence-corrected chi connectivity index (χ2v) is 3.08. The summed E-state index contributed by atoms with van der Waals surface area (Å²) in [5.41, 5.74) is 0. The molecule has 0 unspecified atom stereocenters. The summed E-state index contributed by atoms with van der Waals surface area (Å²) in [7, 11) is 3.52. The van der Waals surface area contributed by atoms with Crippen molar-refractivity contribution in [2.45, 2.75) is 0 Å². The number of amides is 1. The molecule has 0 aromatic rings. The van der Waals surface area contributed by atoms with Crippen molar-refractivity contribution < 1.29 is 4.79 Å². The predicted molar refractivity (Wildman–Crippen MR) is 48.9 cm³/mol. The molecule has 0 aromatic heterocycles. The minimum Gasteiger partial charge on any atom is -0.336 e. The molecule has 0 heterocycles. The van der Waals surface area contributed by atoms with E-state index in [1.54, 1.807) is 46.6 Å². The molecule has 0 bridgehead atoms. The zero-order chi connectivity index (χ0) is 8.15. The van der Waals surface area contributed by atoms with Crippen molar-refractivity contribution in [3.63, 3.8) is 0 Å². The zero-order valence-corrected chi connectivity index (χ0v) is 8.33. The van der Waals surface area contributed by atoms with E-state index >= 15 is 0 Å². The summed E-state index contributed by atoms with van der Waals surface area (Å²) in [5, 5.41) is 1.55. The Bertz CT molecular complexity index is 117. The van der Waals surface area contributed by atoms with Crippen molar-refractivity contribution in [2.24, 2.45) is 5.84 Å². The Balaban J connectivity index is 3.40. The van der Waals surface area contributed by atoms with E-state index in [1.807, 2.05) is 0 Å². The Hall–Kier alpha value is 0.120. The van der Waals surface area contributed by atoms with Crippen LogP contribution in [0.15, 0.2) is 0 Å². The first-order chi connectivity index (χ1) is 4.54. The van der Waals surface area contributed by atoms with E-state index < -0.39 is 0 Å². The Morgan fingerprint density at radius 1 is 1.50 bits per heavy atom. The highest BCUT2D eigenvalue weighted by molar-refractivity contribution is 14.1. The number of hydrazine groups is 1. The molecule has 0 spiro atoms. The molecular weight excluding hydrogens is 245 g/mol. The lowest BCUT2D eigenvalue weighted by atomic mass is 10.6. The summed E-state index contributed by atoms with van der Waals surface area (Å²) < 4.78 is 0.0412. The van der Waals surface area contributed by atoms with Crippen LogP contribution in [0.5, 0.6) is 0 Å². The van der Waals surface area contributed by atoms with Gasteiger partial charge < -0.3 is 4.90 Å². The van der Waals surface area contributed by atoms with Crippen LogP contribution in [0, 0.1) is 0 Å². The Kier molecular flexibility index (Phi) is 4.92. The van der Waals surface area contributed by atoms with Gasteiger partial charge in [-0.3, -0.25) is 10.6 Å². The van der Waals surface area contributed by atoms with Crippen LogP contribution in [0.4, 0.5) is 4.79 Å². The molecule has 10 heavy (non-hydrogen) atoms. The first-order valence-electron chi connectivity index (χ1n) is 2.90. The van der Waals surface area contributed by atoms with E-state index in [2.05, 4.69) is 0 Å². The number of carbonyl (C=O) groups excluding carboxylic acids is 1. The van der Waals surface area contributed by atoms with Gasteiger partial charge in [-0.05, 0) is 0 Å². The van der Waals surface area contributed by atoms with Gasteiger partial charge in [0.25, 0.3) is 3.91 Å². The number of hydrogen-bond acceptors (Lipinski definition) is 3. The van der Waals surface area contributed by atoms with Crippen molar-refractivity contribution in [1.29, 1.82) is 0 Å². The lowest BCUT2D eigenvalue weighted by molar-refractivity contribution is 0.227. The first-order valence-corrected chi connectivity index (χ1v) is 3.98. The van der Waals surface area contributed by atoms with Crippen LogP contribution >= 0.6 is 22.6 Å². The number of likely N-dealkylation sites (N-methyl/N-ethyl adjacent to an activating group) is 2. The Morgan fingerprint density at radius 3 is 2.30 bits per heavy atom. The van der Waals surface area contributed by atoms with E-state index in [1.165, 1.54) is 0 Å². The second-order valence-electron chi connectivity index (χ2n) is 2.16. The summed E-state index contributed by atoms with van der Waals surface area (Å²) >= 11 is 1.74. The van der Waals surface area contributed by atoms with Crippen LogP contribution in [-0.4, -0.2) is 41.0 Å². The van der Waals surface area contributed by atoms with Gasteiger partial charge in [0.15, 0.2) is 0 Å². The molecule has 0 saturated carbocycles. The first kappa shape index (κ1) is 10.1. The van der Waals surface area contributed by atoms with E-state index in [9.17, 15) is 4.79 Å². The quantitative estimate of drug-likeness (QED) is 0.260. The number of carbonyl (C=O) groups is 1. The van der Waals surface area contributed by atoms with Crippen molar-refractivity contribution in [1.82, 2.24) is 9.91 Å². The number of nitrogens with two attached hydrogens (primary N) is 1. The average molecular weight is 257 g/mol. The highest BCUT2D eigenvalue weighted by Gasteiger charge is 2.02. The molecule has 1 amide bonds. The standard InChI is InChI=1S/C5H12IN3O/c1-8(5(6)10)3-4-9(2)7/h3-4,7H2,1-2H3. The van der Waals surface area contributed by atoms with Gasteiger partial charge in [-0.15, -0.1) is 0 Å². The van der Waals surface area contributed by atoms with Crippen LogP contribution in [0.1, 0.15) is 0 Å². The summed E-state index contributed by atoms with van der Waals surface area (Å²) in [6.07, 6.45) is 0. The maximum atomic E-state index is 10.6. The molecule has 0 aromatic carbocycles. The zero-order valence-electron chi connectivity index (χ0n) is 6.17. The molecule has 60 valence electrons. The normalized spacial score (nSPS) is 10.1. The predicted octanol–water partition coefficient (Wildman–Crippen LogP) is 0.279. The third-order valence-electron chi connectivity index (χ3n) is 1.09. The second kappa shape index (κ2) is 4.86. The Labute approximate surface area is 74.5 Å². The monoisotopic (exact) mass is 257 g/mol. The minimum absolute atomic E-state index is 0.0412. The molecule has 0 rings (SSSR count). The minimum atomic E-state index is 0.0412. The SMILES string of the molecule is CN(N)CCN(C)C(=O)I. The highest BCUT2D eigenvalue weighted by Crippen LogP contribution is 1.94. The van der Waals surface area contributed by atoms with Gasteiger partial charge in [0.2, 0.25) is 0 Å². The van der Waals surface area contributed by atoms with Gasteiger partial charge in [-0.1, -0.05) is 0 Å². The van der Waals surface area contributed by atoms with Crippen LogP contribution in [-0.2, 0) is 0 Å². The van der Waals surface area contributed by atoms with Gasteiger partial charge in [-0.25, -0.2) is 5.01 Å². The molecule has 0 aliphatic rings. The summed E-state index contributed by atoms with van der Waals surface area (Å²) in [6, 6.07) is 0. The van der Waals surface area contributed by atoms with E-state index in [0.29, 0.717) is 13.1 Å². The molecule has 0 atom stereocenters. The fourth-order valence-corrected chi connectivity index (χ4v) is 0.637. The molecule has 0 saturated heterocycles. The molecule has 4 nitrogen and oxygen atoms in total. The fourth-order valence-electron chi connectivity index (χ4n) is 0.396. The Morgan fingerprint density at radius 2 is 2.00 bits per heavy atom. The summed E-state index contributed by atoms with van der Waals surface area (Å²) in [5.74, 6) is 5.33. The van der Waals surface area contributed by atoms with Gasteiger partial charge in [0, 0.05) is 49.8 Å². The van der Waals surface area contributed by atoms with Crippen LogP contribution in [0.2, 0.25) is 0 Å². The fraction of sp³-hybridized carbons (Fsp3) is 0.800. The molecular formula is C5H12IN3O. The number of rotatable bonds is 3. The van der Waals surface area contributed by atoms with Crippen LogP contribution < -0.4 is 5.84 Å². The third kappa shape index (κ3) is 4.95.